The van der Waals surface area contributed by atoms with E-state index in [1.807, 2.05) is 0 Å². The highest BCUT2D eigenvalue weighted by atomic mass is 79.9. The number of ether oxygens (including phenoxy) is 1. The van der Waals surface area contributed by atoms with Crippen molar-refractivity contribution in [3.05, 3.63) is 40.4 Å². The van der Waals surface area contributed by atoms with Gasteiger partial charge in [0.25, 0.3) is 0 Å². The molecule has 0 N–H and O–H groups in total. The minimum atomic E-state index is 0.202. The predicted octanol–water partition coefficient (Wildman–Crippen LogP) is 4.73. The Morgan fingerprint density at radius 2 is 1.83 bits per heavy atom. The van der Waals surface area contributed by atoms with Crippen LogP contribution in [0.4, 0.5) is 5.82 Å². The second-order valence-electron chi connectivity index (χ2n) is 6.20. The van der Waals surface area contributed by atoms with Crippen LogP contribution in [0, 0.1) is 0 Å². The summed E-state index contributed by atoms with van der Waals surface area (Å²) in [5.41, 5.74) is 2.39. The molecule has 0 amide bonds. The standard InChI is InChI=1S/C18H18BrN3OS/c1-11-7-22(8-12(2)23-11)17-16-15(9-24-18(16)21-10-20-17)13-3-5-14(19)6-4-13/h3-6,9-12H,7-8H2,1-2H3/t11-,12-/m1/s1. The molecular formula is C18H18BrN3OS. The van der Waals surface area contributed by atoms with Gasteiger partial charge in [0.05, 0.1) is 17.6 Å². The van der Waals surface area contributed by atoms with Crippen LogP contribution >= 0.6 is 27.3 Å². The minimum Gasteiger partial charge on any atom is -0.372 e. The number of hydrogen-bond acceptors (Lipinski definition) is 5. The van der Waals surface area contributed by atoms with Crippen LogP contribution < -0.4 is 4.90 Å². The van der Waals surface area contributed by atoms with E-state index in [1.54, 1.807) is 17.7 Å². The number of halogens is 1. The predicted molar refractivity (Wildman–Crippen MR) is 103 cm³/mol. The molecule has 0 radical (unpaired) electrons. The molecule has 2 aromatic heterocycles. The van der Waals surface area contributed by atoms with Gasteiger partial charge in [0.15, 0.2) is 0 Å². The van der Waals surface area contributed by atoms with Crippen molar-refractivity contribution in [3.8, 4) is 11.1 Å². The molecule has 1 aliphatic rings. The Kier molecular flexibility index (Phi) is 4.28. The highest BCUT2D eigenvalue weighted by molar-refractivity contribution is 9.10. The van der Waals surface area contributed by atoms with Crippen LogP contribution in [0.1, 0.15) is 13.8 Å². The van der Waals surface area contributed by atoms with E-state index >= 15 is 0 Å². The van der Waals surface area contributed by atoms with Gasteiger partial charge in [0.1, 0.15) is 17.0 Å². The summed E-state index contributed by atoms with van der Waals surface area (Å²) >= 11 is 5.18. The number of fused-ring (bicyclic) bond motifs is 1. The van der Waals surface area contributed by atoms with E-state index in [0.717, 1.165) is 33.6 Å². The molecule has 1 aromatic carbocycles. The summed E-state index contributed by atoms with van der Waals surface area (Å²) in [6.45, 7) is 5.94. The maximum Gasteiger partial charge on any atom is 0.141 e. The average Bonchev–Trinajstić information content (AvgIpc) is 2.99. The Morgan fingerprint density at radius 3 is 2.54 bits per heavy atom. The monoisotopic (exact) mass is 403 g/mol. The van der Waals surface area contributed by atoms with E-state index in [1.165, 1.54) is 11.1 Å². The molecule has 0 bridgehead atoms. The summed E-state index contributed by atoms with van der Waals surface area (Å²) < 4.78 is 6.95. The molecule has 1 saturated heterocycles. The largest absolute Gasteiger partial charge is 0.372 e. The van der Waals surface area contributed by atoms with Gasteiger partial charge in [-0.1, -0.05) is 28.1 Å². The molecule has 124 valence electrons. The van der Waals surface area contributed by atoms with Crippen molar-refractivity contribution in [2.75, 3.05) is 18.0 Å². The molecule has 24 heavy (non-hydrogen) atoms. The summed E-state index contributed by atoms with van der Waals surface area (Å²) in [6.07, 6.45) is 2.08. The number of aromatic nitrogens is 2. The van der Waals surface area contributed by atoms with Crippen molar-refractivity contribution >= 4 is 43.3 Å². The van der Waals surface area contributed by atoms with E-state index in [-0.39, 0.29) is 12.2 Å². The van der Waals surface area contributed by atoms with E-state index in [9.17, 15) is 0 Å². The molecule has 0 spiro atoms. The second kappa shape index (κ2) is 6.43. The zero-order valence-corrected chi connectivity index (χ0v) is 16.0. The number of thiophene rings is 1. The highest BCUT2D eigenvalue weighted by Crippen LogP contribution is 2.38. The van der Waals surface area contributed by atoms with Crippen LogP contribution in [-0.4, -0.2) is 35.3 Å². The van der Waals surface area contributed by atoms with Crippen molar-refractivity contribution < 1.29 is 4.74 Å². The van der Waals surface area contributed by atoms with Gasteiger partial charge < -0.3 is 9.64 Å². The van der Waals surface area contributed by atoms with E-state index < -0.39 is 0 Å². The summed E-state index contributed by atoms with van der Waals surface area (Å²) in [5.74, 6) is 1.01. The third-order valence-corrected chi connectivity index (χ3v) is 5.64. The Labute approximate surface area is 153 Å². The molecule has 0 aliphatic carbocycles. The number of nitrogens with zero attached hydrogens (tertiary/aromatic N) is 3. The second-order valence-corrected chi connectivity index (χ2v) is 7.97. The van der Waals surface area contributed by atoms with Gasteiger partial charge in [0.2, 0.25) is 0 Å². The van der Waals surface area contributed by atoms with Crippen LogP contribution in [0.5, 0.6) is 0 Å². The van der Waals surface area contributed by atoms with Gasteiger partial charge in [0, 0.05) is 28.5 Å². The van der Waals surface area contributed by atoms with Crippen LogP contribution in [0.2, 0.25) is 0 Å². The number of anilines is 1. The maximum atomic E-state index is 5.87. The van der Waals surface area contributed by atoms with Crippen molar-refractivity contribution in [2.24, 2.45) is 0 Å². The van der Waals surface area contributed by atoms with Gasteiger partial charge in [-0.3, -0.25) is 0 Å². The number of benzene rings is 1. The zero-order chi connectivity index (χ0) is 16.7. The van der Waals surface area contributed by atoms with Crippen molar-refractivity contribution in [2.45, 2.75) is 26.1 Å². The fraction of sp³-hybridized carbons (Fsp3) is 0.333. The van der Waals surface area contributed by atoms with Crippen LogP contribution in [0.15, 0.2) is 40.4 Å². The molecule has 0 saturated carbocycles. The Balaban J connectivity index is 1.84. The van der Waals surface area contributed by atoms with Crippen LogP contribution in [-0.2, 0) is 4.74 Å². The lowest BCUT2D eigenvalue weighted by atomic mass is 10.1. The van der Waals surface area contributed by atoms with E-state index in [2.05, 4.69) is 74.3 Å². The lowest BCUT2D eigenvalue weighted by Crippen LogP contribution is -2.45. The van der Waals surface area contributed by atoms with E-state index in [0.29, 0.717) is 0 Å². The fourth-order valence-corrected chi connectivity index (χ4v) is 4.47. The third-order valence-electron chi connectivity index (χ3n) is 4.22. The molecule has 6 heteroatoms. The lowest BCUT2D eigenvalue weighted by molar-refractivity contribution is -0.00537. The van der Waals surface area contributed by atoms with Crippen LogP contribution in [0.3, 0.4) is 0 Å². The molecule has 4 rings (SSSR count). The summed E-state index contributed by atoms with van der Waals surface area (Å²) in [4.78, 5) is 12.5. The molecule has 0 unspecified atom stereocenters. The molecule has 3 heterocycles. The first-order valence-corrected chi connectivity index (χ1v) is 9.67. The fourth-order valence-electron chi connectivity index (χ4n) is 3.29. The van der Waals surface area contributed by atoms with Gasteiger partial charge in [-0.25, -0.2) is 9.97 Å². The highest BCUT2D eigenvalue weighted by Gasteiger charge is 2.26. The first-order chi connectivity index (χ1) is 11.6. The topological polar surface area (TPSA) is 38.2 Å². The summed E-state index contributed by atoms with van der Waals surface area (Å²) in [6, 6.07) is 8.40. The van der Waals surface area contributed by atoms with E-state index in [4.69, 9.17) is 4.74 Å². The van der Waals surface area contributed by atoms with Crippen LogP contribution in [0.25, 0.3) is 21.3 Å². The van der Waals surface area contributed by atoms with Gasteiger partial charge in [-0.15, -0.1) is 11.3 Å². The maximum absolute atomic E-state index is 5.87. The third kappa shape index (κ3) is 2.94. The van der Waals surface area contributed by atoms with Crippen molar-refractivity contribution in [1.82, 2.24) is 9.97 Å². The zero-order valence-electron chi connectivity index (χ0n) is 13.6. The lowest BCUT2D eigenvalue weighted by Gasteiger charge is -2.36. The number of morpholine rings is 1. The SMILES string of the molecule is C[C@@H]1CN(c2ncnc3scc(-c4ccc(Br)cc4)c23)C[C@@H](C)O1. The minimum absolute atomic E-state index is 0.202. The Hall–Kier alpha value is -1.50. The number of hydrogen-bond donors (Lipinski definition) is 0. The average molecular weight is 404 g/mol. The normalized spacial score (nSPS) is 21.4. The van der Waals surface area contributed by atoms with Crippen molar-refractivity contribution in [1.29, 1.82) is 0 Å². The summed E-state index contributed by atoms with van der Waals surface area (Å²) in [5, 5.41) is 3.32. The molecule has 3 aromatic rings. The molecule has 4 nitrogen and oxygen atoms in total. The molecule has 2 atom stereocenters. The Morgan fingerprint density at radius 1 is 1.12 bits per heavy atom. The quantitative estimate of drug-likeness (QED) is 0.619. The van der Waals surface area contributed by atoms with Gasteiger partial charge in [-0.05, 0) is 31.5 Å². The molecule has 1 fully saturated rings. The molecular weight excluding hydrogens is 386 g/mol. The Bertz CT molecular complexity index is 854. The summed E-state index contributed by atoms with van der Waals surface area (Å²) in [7, 11) is 0. The smallest absolute Gasteiger partial charge is 0.141 e. The first kappa shape index (κ1) is 16.0. The molecule has 1 aliphatic heterocycles. The van der Waals surface area contributed by atoms with Gasteiger partial charge >= 0.3 is 0 Å². The van der Waals surface area contributed by atoms with Crippen molar-refractivity contribution in [3.63, 3.8) is 0 Å². The first-order valence-electron chi connectivity index (χ1n) is 8.00. The number of rotatable bonds is 2. The van der Waals surface area contributed by atoms with Gasteiger partial charge in [-0.2, -0.15) is 0 Å².